The minimum absolute atomic E-state index is 0.187. The summed E-state index contributed by atoms with van der Waals surface area (Å²) < 4.78 is 40.6. The molecule has 0 atom stereocenters. The molecule has 3 aromatic rings. The molecular formula is C18H18F3N5O. The summed E-state index contributed by atoms with van der Waals surface area (Å²) in [5.74, 6) is 1.16. The van der Waals surface area contributed by atoms with Crippen LogP contribution in [0.15, 0.2) is 36.9 Å². The maximum atomic E-state index is 12.2. The van der Waals surface area contributed by atoms with Crippen LogP contribution in [0.4, 0.5) is 19.0 Å². The highest BCUT2D eigenvalue weighted by atomic mass is 19.4. The lowest BCUT2D eigenvalue weighted by atomic mass is 9.90. The fraction of sp³-hybridized carbons (Fsp3) is 0.389. The normalized spacial score (nSPS) is 16.0. The summed E-state index contributed by atoms with van der Waals surface area (Å²) >= 11 is 0. The summed E-state index contributed by atoms with van der Waals surface area (Å²) in [4.78, 5) is 18.0. The zero-order valence-corrected chi connectivity index (χ0v) is 14.4. The number of aromatic nitrogens is 4. The first-order valence-corrected chi connectivity index (χ1v) is 8.72. The second-order valence-corrected chi connectivity index (χ2v) is 6.62. The smallest absolute Gasteiger partial charge is 0.406 e. The minimum Gasteiger partial charge on any atom is -0.406 e. The van der Waals surface area contributed by atoms with Crippen molar-refractivity contribution in [1.82, 2.24) is 19.9 Å². The number of hydrogen-bond acceptors (Lipinski definition) is 5. The number of alkyl halides is 3. The molecule has 1 saturated heterocycles. The molecule has 142 valence electrons. The third kappa shape index (κ3) is 4.12. The standard InChI is InChI=1S/C18H18F3N5O/c19-18(20,21)27-14-3-1-12(2-4-14)9-13-5-7-26(8-6-13)17-15-16(23-10-22-15)24-11-25-17/h1-4,10-11,13H,5-9H2,(H,22,23,24,25). The third-order valence-electron chi connectivity index (χ3n) is 4.80. The van der Waals surface area contributed by atoms with Gasteiger partial charge in [0.2, 0.25) is 0 Å². The molecule has 9 heteroatoms. The predicted molar refractivity (Wildman–Crippen MR) is 93.4 cm³/mol. The number of nitrogens with one attached hydrogen (secondary N) is 1. The molecule has 0 amide bonds. The van der Waals surface area contributed by atoms with E-state index in [9.17, 15) is 13.2 Å². The van der Waals surface area contributed by atoms with Gasteiger partial charge in [-0.05, 0) is 42.9 Å². The van der Waals surface area contributed by atoms with Crippen molar-refractivity contribution in [3.63, 3.8) is 0 Å². The van der Waals surface area contributed by atoms with Crippen LogP contribution in [0.1, 0.15) is 18.4 Å². The van der Waals surface area contributed by atoms with Crippen LogP contribution in [-0.2, 0) is 6.42 Å². The number of piperidine rings is 1. The number of benzene rings is 1. The Morgan fingerprint density at radius 3 is 2.52 bits per heavy atom. The van der Waals surface area contributed by atoms with E-state index in [1.807, 2.05) is 0 Å². The summed E-state index contributed by atoms with van der Waals surface area (Å²) in [5.41, 5.74) is 2.51. The van der Waals surface area contributed by atoms with Crippen LogP contribution in [0.3, 0.4) is 0 Å². The first-order chi connectivity index (χ1) is 13.0. The van der Waals surface area contributed by atoms with Gasteiger partial charge in [0.25, 0.3) is 0 Å². The van der Waals surface area contributed by atoms with E-state index < -0.39 is 6.36 Å². The van der Waals surface area contributed by atoms with E-state index in [0.717, 1.165) is 49.2 Å². The van der Waals surface area contributed by atoms with Gasteiger partial charge in [-0.2, -0.15) is 0 Å². The molecule has 4 rings (SSSR count). The van der Waals surface area contributed by atoms with Gasteiger partial charge in [-0.15, -0.1) is 13.2 Å². The van der Waals surface area contributed by atoms with Gasteiger partial charge in [0.05, 0.1) is 6.33 Å². The summed E-state index contributed by atoms with van der Waals surface area (Å²) in [6, 6.07) is 6.14. The number of halogens is 3. The summed E-state index contributed by atoms with van der Waals surface area (Å²) in [6.45, 7) is 1.73. The molecule has 0 saturated carbocycles. The Balaban J connectivity index is 1.35. The predicted octanol–water partition coefficient (Wildman–Crippen LogP) is 3.71. The number of ether oxygens (including phenoxy) is 1. The number of aromatic amines is 1. The summed E-state index contributed by atoms with van der Waals surface area (Å²) in [6.07, 6.45) is 1.29. The van der Waals surface area contributed by atoms with Gasteiger partial charge in [0, 0.05) is 13.1 Å². The second-order valence-electron chi connectivity index (χ2n) is 6.62. The molecule has 3 heterocycles. The van der Waals surface area contributed by atoms with Gasteiger partial charge in [-0.3, -0.25) is 0 Å². The monoisotopic (exact) mass is 377 g/mol. The van der Waals surface area contributed by atoms with Gasteiger partial charge in [0.15, 0.2) is 11.5 Å². The fourth-order valence-electron chi connectivity index (χ4n) is 3.50. The zero-order chi connectivity index (χ0) is 18.9. The molecule has 1 N–H and O–H groups in total. The van der Waals surface area contributed by atoms with Crippen LogP contribution < -0.4 is 9.64 Å². The van der Waals surface area contributed by atoms with Gasteiger partial charge < -0.3 is 14.6 Å². The fourth-order valence-corrected chi connectivity index (χ4v) is 3.50. The average Bonchev–Trinajstić information content (AvgIpc) is 3.12. The number of imidazole rings is 1. The van der Waals surface area contributed by atoms with Crippen molar-refractivity contribution < 1.29 is 17.9 Å². The first-order valence-electron chi connectivity index (χ1n) is 8.72. The molecular weight excluding hydrogens is 359 g/mol. The Morgan fingerprint density at radius 1 is 1.07 bits per heavy atom. The Labute approximate surface area is 153 Å². The van der Waals surface area contributed by atoms with Crippen molar-refractivity contribution in [3.8, 4) is 5.75 Å². The summed E-state index contributed by atoms with van der Waals surface area (Å²) in [7, 11) is 0. The van der Waals surface area contributed by atoms with E-state index >= 15 is 0 Å². The van der Waals surface area contributed by atoms with E-state index in [0.29, 0.717) is 11.6 Å². The van der Waals surface area contributed by atoms with Gasteiger partial charge in [-0.1, -0.05) is 12.1 Å². The third-order valence-corrected chi connectivity index (χ3v) is 4.80. The van der Waals surface area contributed by atoms with E-state index in [2.05, 4.69) is 29.6 Å². The van der Waals surface area contributed by atoms with Crippen LogP contribution in [0.25, 0.3) is 11.2 Å². The van der Waals surface area contributed by atoms with Crippen LogP contribution in [0.2, 0.25) is 0 Å². The Kier molecular flexibility index (Phi) is 4.59. The van der Waals surface area contributed by atoms with Crippen molar-refractivity contribution in [2.24, 2.45) is 5.92 Å². The lowest BCUT2D eigenvalue weighted by molar-refractivity contribution is -0.274. The molecule has 1 aliphatic rings. The highest BCUT2D eigenvalue weighted by Gasteiger charge is 2.31. The van der Waals surface area contributed by atoms with Crippen molar-refractivity contribution >= 4 is 17.0 Å². The van der Waals surface area contributed by atoms with Crippen molar-refractivity contribution in [1.29, 1.82) is 0 Å². The quantitative estimate of drug-likeness (QED) is 0.751. The molecule has 27 heavy (non-hydrogen) atoms. The number of nitrogens with zero attached hydrogens (tertiary/aromatic N) is 4. The average molecular weight is 377 g/mol. The number of fused-ring (bicyclic) bond motifs is 1. The van der Waals surface area contributed by atoms with Gasteiger partial charge in [0.1, 0.15) is 17.6 Å². The number of hydrogen-bond donors (Lipinski definition) is 1. The molecule has 0 unspecified atom stereocenters. The van der Waals surface area contributed by atoms with Crippen molar-refractivity contribution in [2.75, 3.05) is 18.0 Å². The highest BCUT2D eigenvalue weighted by Crippen LogP contribution is 2.28. The number of anilines is 1. The second kappa shape index (κ2) is 7.05. The first kappa shape index (κ1) is 17.6. The Morgan fingerprint density at radius 2 is 1.81 bits per heavy atom. The summed E-state index contributed by atoms with van der Waals surface area (Å²) in [5, 5.41) is 0. The molecule has 2 aromatic heterocycles. The number of rotatable bonds is 4. The largest absolute Gasteiger partial charge is 0.573 e. The minimum atomic E-state index is -4.66. The zero-order valence-electron chi connectivity index (χ0n) is 14.4. The van der Waals surface area contributed by atoms with Crippen molar-refractivity contribution in [2.45, 2.75) is 25.6 Å². The number of H-pyrrole nitrogens is 1. The van der Waals surface area contributed by atoms with E-state index in [1.54, 1.807) is 18.5 Å². The molecule has 0 radical (unpaired) electrons. The lowest BCUT2D eigenvalue weighted by Crippen LogP contribution is -2.35. The molecule has 6 nitrogen and oxygen atoms in total. The maximum absolute atomic E-state index is 12.2. The Hall–Kier alpha value is -2.84. The maximum Gasteiger partial charge on any atom is 0.573 e. The van der Waals surface area contributed by atoms with Crippen LogP contribution in [0, 0.1) is 5.92 Å². The van der Waals surface area contributed by atoms with Gasteiger partial charge >= 0.3 is 6.36 Å². The van der Waals surface area contributed by atoms with E-state index in [1.165, 1.54) is 18.5 Å². The van der Waals surface area contributed by atoms with Crippen LogP contribution in [-0.4, -0.2) is 39.4 Å². The molecule has 1 aliphatic heterocycles. The highest BCUT2D eigenvalue weighted by molar-refractivity contribution is 5.82. The molecule has 1 fully saturated rings. The molecule has 0 bridgehead atoms. The molecule has 0 aliphatic carbocycles. The lowest BCUT2D eigenvalue weighted by Gasteiger charge is -2.32. The molecule has 0 spiro atoms. The van der Waals surface area contributed by atoms with Crippen LogP contribution in [0.5, 0.6) is 5.75 Å². The van der Waals surface area contributed by atoms with Crippen molar-refractivity contribution in [3.05, 3.63) is 42.5 Å². The SMILES string of the molecule is FC(F)(F)Oc1ccc(CC2CCN(c3ncnc4nc[nH]c34)CC2)cc1. The Bertz CT molecular complexity index is 901. The topological polar surface area (TPSA) is 66.9 Å². The van der Waals surface area contributed by atoms with E-state index in [4.69, 9.17) is 0 Å². The molecule has 1 aromatic carbocycles. The van der Waals surface area contributed by atoms with E-state index in [-0.39, 0.29) is 5.75 Å². The van der Waals surface area contributed by atoms with Gasteiger partial charge in [-0.25, -0.2) is 15.0 Å². The van der Waals surface area contributed by atoms with Crippen LogP contribution >= 0.6 is 0 Å².